The van der Waals surface area contributed by atoms with E-state index in [-0.39, 0.29) is 0 Å². The number of benzene rings is 3. The lowest BCUT2D eigenvalue weighted by Gasteiger charge is -2.08. The molecule has 0 unspecified atom stereocenters. The van der Waals surface area contributed by atoms with Gasteiger partial charge in [-0.25, -0.2) is 9.59 Å². The monoisotopic (exact) mass is 544 g/mol. The lowest BCUT2D eigenvalue weighted by atomic mass is 10.1. The van der Waals surface area contributed by atoms with Gasteiger partial charge in [-0.2, -0.15) is 0 Å². The highest BCUT2D eigenvalue weighted by Crippen LogP contribution is 2.17. The van der Waals surface area contributed by atoms with Crippen LogP contribution in [0.15, 0.2) is 72.8 Å². The van der Waals surface area contributed by atoms with Crippen LogP contribution >= 0.6 is 0 Å². The molecule has 3 rings (SSSR count). The lowest BCUT2D eigenvalue weighted by molar-refractivity contribution is -0.128. The zero-order valence-electron chi connectivity index (χ0n) is 23.3. The van der Waals surface area contributed by atoms with E-state index in [2.05, 4.69) is 6.92 Å². The summed E-state index contributed by atoms with van der Waals surface area (Å²) in [6.07, 6.45) is 11.4. The number of ether oxygens (including phenoxy) is 3. The van der Waals surface area contributed by atoms with Crippen molar-refractivity contribution in [2.75, 3.05) is 24.7 Å². The molecule has 0 aliphatic carbocycles. The highest BCUT2D eigenvalue weighted by molar-refractivity contribution is 5.91. The molecule has 4 N–H and O–H groups in total. The number of hydrogen-bond donors (Lipinski definition) is 2. The summed E-state index contributed by atoms with van der Waals surface area (Å²) in [5.41, 5.74) is 14.8. The van der Waals surface area contributed by atoms with Gasteiger partial charge in [-0.15, -0.1) is 0 Å². The number of esters is 2. The molecule has 0 aromatic heterocycles. The summed E-state index contributed by atoms with van der Waals surface area (Å²) in [6.45, 7) is 3.14. The van der Waals surface area contributed by atoms with Crippen LogP contribution in [0.1, 0.15) is 73.4 Å². The van der Waals surface area contributed by atoms with Gasteiger partial charge in [0.2, 0.25) is 0 Å². The molecule has 3 aromatic carbocycles. The van der Waals surface area contributed by atoms with E-state index in [0.717, 1.165) is 43.4 Å². The number of hydrogen-bond acceptors (Lipinski definition) is 7. The van der Waals surface area contributed by atoms with Crippen molar-refractivity contribution >= 4 is 29.4 Å². The molecule has 7 nitrogen and oxygen atoms in total. The highest BCUT2D eigenvalue weighted by Gasteiger charge is 2.08. The molecule has 0 bridgehead atoms. The molecule has 0 amide bonds. The smallest absolute Gasteiger partial charge is 0.338 e. The van der Waals surface area contributed by atoms with E-state index in [1.165, 1.54) is 30.9 Å². The van der Waals surface area contributed by atoms with E-state index in [9.17, 15) is 9.59 Å². The zero-order valence-corrected chi connectivity index (χ0v) is 23.3. The Bertz CT molecular complexity index is 1220. The van der Waals surface area contributed by atoms with Gasteiger partial charge >= 0.3 is 11.9 Å². The van der Waals surface area contributed by atoms with Crippen LogP contribution in [-0.4, -0.2) is 25.2 Å². The van der Waals surface area contributed by atoms with Crippen LogP contribution in [0.5, 0.6) is 11.5 Å². The van der Waals surface area contributed by atoms with Crippen molar-refractivity contribution in [2.24, 2.45) is 0 Å². The fourth-order valence-electron chi connectivity index (χ4n) is 4.08. The average molecular weight is 545 g/mol. The Morgan fingerprint density at radius 3 is 2.08 bits per heavy atom. The number of rotatable bonds is 16. The molecule has 0 spiro atoms. The van der Waals surface area contributed by atoms with E-state index < -0.39 is 11.9 Å². The summed E-state index contributed by atoms with van der Waals surface area (Å²) < 4.78 is 16.5. The molecule has 40 heavy (non-hydrogen) atoms. The number of carbonyl (C=O) groups excluding carboxylic acids is 2. The Labute approximate surface area is 237 Å². The van der Waals surface area contributed by atoms with Crippen molar-refractivity contribution < 1.29 is 23.8 Å². The molecular weight excluding hydrogens is 504 g/mol. The largest absolute Gasteiger partial charge is 0.494 e. The summed E-state index contributed by atoms with van der Waals surface area (Å²) in [5, 5.41) is 0. The minimum absolute atomic E-state index is 0.350. The van der Waals surface area contributed by atoms with Gasteiger partial charge in [0, 0.05) is 17.5 Å². The van der Waals surface area contributed by atoms with E-state index in [1.54, 1.807) is 24.3 Å². The lowest BCUT2D eigenvalue weighted by Crippen LogP contribution is -2.08. The summed E-state index contributed by atoms with van der Waals surface area (Å²) in [4.78, 5) is 24.3. The van der Waals surface area contributed by atoms with Crippen LogP contribution in [0.25, 0.3) is 6.08 Å². The van der Waals surface area contributed by atoms with Crippen molar-refractivity contribution in [2.45, 2.75) is 58.3 Å². The van der Waals surface area contributed by atoms with Crippen molar-refractivity contribution in [3.05, 3.63) is 89.5 Å². The maximum absolute atomic E-state index is 12.2. The molecule has 0 aliphatic rings. The zero-order chi connectivity index (χ0) is 28.6. The van der Waals surface area contributed by atoms with E-state index >= 15 is 0 Å². The van der Waals surface area contributed by atoms with E-state index in [0.29, 0.717) is 35.9 Å². The van der Waals surface area contributed by atoms with Gasteiger partial charge in [0.1, 0.15) is 11.5 Å². The second-order valence-electron chi connectivity index (χ2n) is 9.71. The third-order valence-corrected chi connectivity index (χ3v) is 6.26. The Kier molecular flexibility index (Phi) is 12.6. The molecule has 0 heterocycles. The minimum Gasteiger partial charge on any atom is -0.494 e. The van der Waals surface area contributed by atoms with Crippen molar-refractivity contribution in [3.8, 4) is 11.5 Å². The summed E-state index contributed by atoms with van der Waals surface area (Å²) in [7, 11) is 0. The highest BCUT2D eigenvalue weighted by atomic mass is 16.5. The standard InChI is InChI=1S/C33H40N2O5/c1-2-3-6-9-25-12-17-31(18-13-25)40-32(36)19-14-26-10-15-30(16-11-26)38-20-7-4-5-8-21-39-33(37)27-22-28(34)24-29(35)23-27/h10-19,22-24H,2-9,20-21,34-35H2,1H3. The van der Waals surface area contributed by atoms with Crippen molar-refractivity contribution in [1.29, 1.82) is 0 Å². The Balaban J connectivity index is 1.27. The van der Waals surface area contributed by atoms with Gasteiger partial charge in [-0.05, 0) is 98.2 Å². The first kappa shape index (κ1) is 30.3. The molecule has 0 aliphatic heterocycles. The number of aryl methyl sites for hydroxylation is 1. The third kappa shape index (κ3) is 11.2. The second kappa shape index (κ2) is 16.6. The fourth-order valence-corrected chi connectivity index (χ4v) is 4.08. The number of carbonyl (C=O) groups is 2. The minimum atomic E-state index is -0.416. The summed E-state index contributed by atoms with van der Waals surface area (Å²) in [6, 6.07) is 20.0. The van der Waals surface area contributed by atoms with Gasteiger partial charge in [-0.3, -0.25) is 0 Å². The summed E-state index contributed by atoms with van der Waals surface area (Å²) >= 11 is 0. The first-order valence-corrected chi connectivity index (χ1v) is 14.0. The van der Waals surface area contributed by atoms with Crippen LogP contribution in [0, 0.1) is 0 Å². The first-order valence-electron chi connectivity index (χ1n) is 14.0. The molecule has 3 aromatic rings. The molecule has 0 radical (unpaired) electrons. The topological polar surface area (TPSA) is 114 Å². The Hall–Kier alpha value is -4.26. The van der Waals surface area contributed by atoms with Crippen molar-refractivity contribution in [1.82, 2.24) is 0 Å². The van der Waals surface area contributed by atoms with Crippen LogP contribution < -0.4 is 20.9 Å². The quantitative estimate of drug-likeness (QED) is 0.0656. The molecule has 0 saturated carbocycles. The first-order chi connectivity index (χ1) is 19.4. The van der Waals surface area contributed by atoms with E-state index in [4.69, 9.17) is 25.7 Å². The molecule has 0 atom stereocenters. The van der Waals surface area contributed by atoms with Crippen LogP contribution in [0.4, 0.5) is 11.4 Å². The molecule has 0 fully saturated rings. The molecular formula is C33H40N2O5. The number of nitrogen functional groups attached to an aromatic ring is 2. The van der Waals surface area contributed by atoms with Gasteiger partial charge in [0.25, 0.3) is 0 Å². The fraction of sp³-hybridized carbons (Fsp3) is 0.333. The second-order valence-corrected chi connectivity index (χ2v) is 9.71. The number of anilines is 2. The Morgan fingerprint density at radius 1 is 0.750 bits per heavy atom. The molecule has 212 valence electrons. The summed E-state index contributed by atoms with van der Waals surface area (Å²) in [5.74, 6) is 0.486. The van der Waals surface area contributed by atoms with Gasteiger partial charge < -0.3 is 25.7 Å². The maximum atomic E-state index is 12.2. The van der Waals surface area contributed by atoms with E-state index in [1.807, 2.05) is 48.5 Å². The van der Waals surface area contributed by atoms with Crippen LogP contribution in [0.2, 0.25) is 0 Å². The average Bonchev–Trinajstić information content (AvgIpc) is 2.94. The van der Waals surface area contributed by atoms with Crippen molar-refractivity contribution in [3.63, 3.8) is 0 Å². The normalized spacial score (nSPS) is 10.9. The predicted molar refractivity (Wildman–Crippen MR) is 160 cm³/mol. The van der Waals surface area contributed by atoms with Crippen LogP contribution in [-0.2, 0) is 16.0 Å². The van der Waals surface area contributed by atoms with Gasteiger partial charge in [0.15, 0.2) is 0 Å². The van der Waals surface area contributed by atoms with Gasteiger partial charge in [-0.1, -0.05) is 44.0 Å². The third-order valence-electron chi connectivity index (χ3n) is 6.26. The van der Waals surface area contributed by atoms with Crippen LogP contribution in [0.3, 0.4) is 0 Å². The predicted octanol–water partition coefficient (Wildman–Crippen LogP) is 7.00. The number of nitrogens with two attached hydrogens (primary N) is 2. The van der Waals surface area contributed by atoms with Gasteiger partial charge in [0.05, 0.1) is 18.8 Å². The molecule has 7 heteroatoms. The SMILES string of the molecule is CCCCCc1ccc(OC(=O)C=Cc2ccc(OCCCCCCOC(=O)c3cc(N)cc(N)c3)cc2)cc1. The Morgan fingerprint density at radius 2 is 1.40 bits per heavy atom. The number of unbranched alkanes of at least 4 members (excludes halogenated alkanes) is 5. The molecule has 0 saturated heterocycles. The maximum Gasteiger partial charge on any atom is 0.338 e.